The van der Waals surface area contributed by atoms with E-state index >= 15 is 0 Å². The summed E-state index contributed by atoms with van der Waals surface area (Å²) in [6, 6.07) is 6.67. The smallest absolute Gasteiger partial charge is 0.153 e. The Balaban J connectivity index is 2.47. The minimum Gasteiger partial charge on any atom is -0.264 e. The fourth-order valence-corrected chi connectivity index (χ4v) is 1.22. The van der Waals surface area contributed by atoms with Gasteiger partial charge in [0.1, 0.15) is 12.3 Å². The Morgan fingerprint density at radius 3 is 3.00 bits per heavy atom. The maximum absolute atomic E-state index is 13.1. The molecule has 0 aliphatic carbocycles. The highest BCUT2D eigenvalue weighted by Crippen LogP contribution is 2.32. The summed E-state index contributed by atoms with van der Waals surface area (Å²) in [4.78, 5) is 4.63. The summed E-state index contributed by atoms with van der Waals surface area (Å²) in [5.41, 5.74) is 0.836. The quantitative estimate of drug-likeness (QED) is 0.643. The van der Waals surface area contributed by atoms with E-state index in [9.17, 15) is 4.39 Å². The highest BCUT2D eigenvalue weighted by Gasteiger charge is 2.24. The van der Waals surface area contributed by atoms with Gasteiger partial charge in [0.15, 0.2) is 6.17 Å². The van der Waals surface area contributed by atoms with Gasteiger partial charge >= 0.3 is 0 Å². The molecule has 1 N–H and O–H groups in total. The number of fused-ring (bicyclic) bond motifs is 1. The van der Waals surface area contributed by atoms with Crippen LogP contribution < -0.4 is 5.23 Å². The van der Waals surface area contributed by atoms with Crippen LogP contribution in [-0.2, 0) is 4.84 Å². The van der Waals surface area contributed by atoms with Crippen LogP contribution in [0.3, 0.4) is 0 Å². The normalized spacial score (nSPS) is 22.2. The Bertz CT molecular complexity index is 263. The van der Waals surface area contributed by atoms with E-state index in [2.05, 4.69) is 4.84 Å². The topological polar surface area (TPSA) is 32.7 Å². The van der Waals surface area contributed by atoms with E-state index in [1.165, 1.54) is 0 Å². The number of anilines is 1. The average Bonchev–Trinajstić information content (AvgIpc) is 2.12. The molecular weight excluding hydrogens is 161 g/mol. The molecule has 0 spiro atoms. The van der Waals surface area contributed by atoms with Crippen molar-refractivity contribution < 1.29 is 14.4 Å². The molecule has 0 radical (unpaired) electrons. The Labute approximate surface area is 68.9 Å². The minimum absolute atomic E-state index is 0.131. The zero-order valence-electron chi connectivity index (χ0n) is 6.27. The molecular formula is C8H8FNO2. The molecule has 0 bridgehead atoms. The maximum Gasteiger partial charge on any atom is 0.153 e. The minimum atomic E-state index is -1.15. The summed E-state index contributed by atoms with van der Waals surface area (Å²) in [5, 5.41) is 9.73. The number of rotatable bonds is 0. The van der Waals surface area contributed by atoms with Crippen molar-refractivity contribution >= 4 is 5.69 Å². The van der Waals surface area contributed by atoms with Crippen LogP contribution in [0.4, 0.5) is 10.1 Å². The molecule has 2 rings (SSSR count). The van der Waals surface area contributed by atoms with Crippen LogP contribution in [0, 0.1) is 0 Å². The first-order chi connectivity index (χ1) is 5.79. The van der Waals surface area contributed by atoms with E-state index in [1.54, 1.807) is 24.3 Å². The molecule has 12 heavy (non-hydrogen) atoms. The molecule has 1 aromatic rings. The first-order valence-corrected chi connectivity index (χ1v) is 3.64. The number of benzene rings is 1. The van der Waals surface area contributed by atoms with Gasteiger partial charge in [0.25, 0.3) is 0 Å². The van der Waals surface area contributed by atoms with Crippen molar-refractivity contribution in [1.82, 2.24) is 0 Å². The summed E-state index contributed by atoms with van der Waals surface area (Å²) >= 11 is 0. The van der Waals surface area contributed by atoms with E-state index in [4.69, 9.17) is 5.21 Å². The van der Waals surface area contributed by atoms with Crippen LogP contribution in [0.5, 0.6) is 0 Å². The van der Waals surface area contributed by atoms with Gasteiger partial charge in [-0.3, -0.25) is 5.21 Å². The van der Waals surface area contributed by atoms with E-state index < -0.39 is 6.17 Å². The van der Waals surface area contributed by atoms with Crippen LogP contribution in [0.1, 0.15) is 11.7 Å². The number of halogens is 1. The predicted octanol–water partition coefficient (Wildman–Crippen LogP) is 1.84. The molecule has 0 aromatic heterocycles. The highest BCUT2D eigenvalue weighted by molar-refractivity contribution is 5.51. The first kappa shape index (κ1) is 7.52. The molecule has 0 amide bonds. The van der Waals surface area contributed by atoms with E-state index in [1.807, 2.05) is 0 Å². The number of para-hydroxylation sites is 1. The van der Waals surface area contributed by atoms with Gasteiger partial charge in [0.05, 0.1) is 0 Å². The average molecular weight is 169 g/mol. The zero-order valence-corrected chi connectivity index (χ0v) is 6.27. The summed E-state index contributed by atoms with van der Waals surface area (Å²) < 4.78 is 13.1. The van der Waals surface area contributed by atoms with Crippen molar-refractivity contribution in [3.8, 4) is 0 Å². The van der Waals surface area contributed by atoms with E-state index in [0.29, 0.717) is 16.5 Å². The van der Waals surface area contributed by atoms with Gasteiger partial charge in [0, 0.05) is 5.56 Å². The Morgan fingerprint density at radius 1 is 1.50 bits per heavy atom. The second-order valence-corrected chi connectivity index (χ2v) is 2.60. The van der Waals surface area contributed by atoms with Gasteiger partial charge in [0.2, 0.25) is 0 Å². The first-order valence-electron chi connectivity index (χ1n) is 3.64. The third-order valence-electron chi connectivity index (χ3n) is 1.82. The lowest BCUT2D eigenvalue weighted by atomic mass is 10.1. The highest BCUT2D eigenvalue weighted by atomic mass is 19.1. The molecule has 0 fully saturated rings. The van der Waals surface area contributed by atoms with E-state index in [-0.39, 0.29) is 6.61 Å². The largest absolute Gasteiger partial charge is 0.264 e. The molecule has 1 heterocycles. The van der Waals surface area contributed by atoms with Crippen LogP contribution in [-0.4, -0.2) is 11.8 Å². The van der Waals surface area contributed by atoms with Gasteiger partial charge in [-0.05, 0) is 6.07 Å². The second kappa shape index (κ2) is 2.73. The van der Waals surface area contributed by atoms with Crippen LogP contribution in [0.2, 0.25) is 0 Å². The molecule has 0 saturated heterocycles. The zero-order chi connectivity index (χ0) is 8.55. The Kier molecular flexibility index (Phi) is 1.71. The fraction of sp³-hybridized carbons (Fsp3) is 0.250. The third-order valence-corrected chi connectivity index (χ3v) is 1.82. The fourth-order valence-electron chi connectivity index (χ4n) is 1.22. The summed E-state index contributed by atoms with van der Waals surface area (Å²) in [7, 11) is 0. The van der Waals surface area contributed by atoms with Crippen molar-refractivity contribution in [1.29, 1.82) is 0 Å². The molecule has 1 aromatic carbocycles. The molecule has 1 aliphatic heterocycles. The molecule has 4 heteroatoms. The standard InChI is InChI=1S/C8H8FNO2/c9-7-5-12-10(11)8-4-2-1-3-6(7)8/h1-4,7,11H,5H2. The molecule has 1 atom stereocenters. The van der Waals surface area contributed by atoms with Crippen molar-refractivity contribution in [2.75, 3.05) is 11.8 Å². The monoisotopic (exact) mass is 169 g/mol. The summed E-state index contributed by atoms with van der Waals surface area (Å²) in [6.07, 6.45) is -1.15. The van der Waals surface area contributed by atoms with Crippen molar-refractivity contribution in [3.05, 3.63) is 29.8 Å². The van der Waals surface area contributed by atoms with Crippen molar-refractivity contribution in [2.24, 2.45) is 0 Å². The molecule has 3 nitrogen and oxygen atoms in total. The number of alkyl halides is 1. The SMILES string of the molecule is ON1OCC(F)c2ccccc21. The van der Waals surface area contributed by atoms with Crippen LogP contribution in [0.25, 0.3) is 0 Å². The van der Waals surface area contributed by atoms with E-state index in [0.717, 1.165) is 0 Å². The lowest BCUT2D eigenvalue weighted by Gasteiger charge is -2.26. The van der Waals surface area contributed by atoms with Gasteiger partial charge in [-0.1, -0.05) is 18.2 Å². The summed E-state index contributed by atoms with van der Waals surface area (Å²) in [6.45, 7) is -0.131. The molecule has 64 valence electrons. The molecule has 1 unspecified atom stereocenters. The van der Waals surface area contributed by atoms with Gasteiger partial charge < -0.3 is 0 Å². The maximum atomic E-state index is 13.1. The van der Waals surface area contributed by atoms with Crippen LogP contribution in [0.15, 0.2) is 24.3 Å². The van der Waals surface area contributed by atoms with Crippen LogP contribution >= 0.6 is 0 Å². The molecule has 1 aliphatic rings. The third kappa shape index (κ3) is 1.05. The lowest BCUT2D eigenvalue weighted by molar-refractivity contribution is -0.0708. The van der Waals surface area contributed by atoms with Crippen molar-refractivity contribution in [3.63, 3.8) is 0 Å². The second-order valence-electron chi connectivity index (χ2n) is 2.60. The van der Waals surface area contributed by atoms with Gasteiger partial charge in [-0.25, -0.2) is 9.23 Å². The van der Waals surface area contributed by atoms with Crippen molar-refractivity contribution in [2.45, 2.75) is 6.17 Å². The Morgan fingerprint density at radius 2 is 2.25 bits per heavy atom. The lowest BCUT2D eigenvalue weighted by Crippen LogP contribution is -2.27. The van der Waals surface area contributed by atoms with Gasteiger partial charge in [-0.2, -0.15) is 0 Å². The predicted molar refractivity (Wildman–Crippen MR) is 40.5 cm³/mol. The number of hydrogen-bond donors (Lipinski definition) is 1. The molecule has 0 saturated carbocycles. The number of hydrogen-bond acceptors (Lipinski definition) is 3. The van der Waals surface area contributed by atoms with Gasteiger partial charge in [-0.15, -0.1) is 5.23 Å². The Hall–Kier alpha value is -1.13. The summed E-state index contributed by atoms with van der Waals surface area (Å²) in [5.74, 6) is 0. The number of nitrogens with zero attached hydrogens (tertiary/aromatic N) is 1.